The van der Waals surface area contributed by atoms with Crippen molar-refractivity contribution in [2.24, 2.45) is 0 Å². The van der Waals surface area contributed by atoms with Crippen molar-refractivity contribution in [2.45, 2.75) is 39.7 Å². The van der Waals surface area contributed by atoms with Gasteiger partial charge in [-0.05, 0) is 20.3 Å². The van der Waals surface area contributed by atoms with Gasteiger partial charge in [0.25, 0.3) is 0 Å². The Hall–Kier alpha value is -2.10. The first-order valence-electron chi connectivity index (χ1n) is 7.54. The van der Waals surface area contributed by atoms with Crippen LogP contribution in [0, 0.1) is 0 Å². The monoisotopic (exact) mass is 285 g/mol. The van der Waals surface area contributed by atoms with E-state index in [1.807, 2.05) is 50.2 Å². The highest BCUT2D eigenvalue weighted by Gasteiger charge is 2.08. The maximum Gasteiger partial charge on any atom is 0.226 e. The maximum absolute atomic E-state index is 5.73. The van der Waals surface area contributed by atoms with Crippen LogP contribution in [0.5, 0.6) is 5.88 Å². The molecule has 0 radical (unpaired) electrons. The van der Waals surface area contributed by atoms with Crippen molar-refractivity contribution in [3.63, 3.8) is 0 Å². The van der Waals surface area contributed by atoms with Crippen LogP contribution in [-0.4, -0.2) is 22.6 Å². The molecule has 112 valence electrons. The first-order chi connectivity index (χ1) is 10.2. The third-order valence-electron chi connectivity index (χ3n) is 2.94. The van der Waals surface area contributed by atoms with Crippen molar-refractivity contribution in [3.05, 3.63) is 36.4 Å². The normalized spacial score (nSPS) is 10.7. The van der Waals surface area contributed by atoms with E-state index in [0.717, 1.165) is 30.6 Å². The van der Waals surface area contributed by atoms with Gasteiger partial charge in [-0.3, -0.25) is 0 Å². The van der Waals surface area contributed by atoms with Gasteiger partial charge in [0.2, 0.25) is 11.8 Å². The number of unbranched alkanes of at least 4 members (excludes halogenated alkanes) is 1. The maximum atomic E-state index is 5.73. The number of nitrogens with zero attached hydrogens (tertiary/aromatic N) is 2. The second kappa shape index (κ2) is 7.62. The number of ether oxygens (including phenoxy) is 1. The van der Waals surface area contributed by atoms with Gasteiger partial charge in [-0.25, -0.2) is 4.98 Å². The highest BCUT2D eigenvalue weighted by molar-refractivity contribution is 5.61. The summed E-state index contributed by atoms with van der Waals surface area (Å²) in [6, 6.07) is 12.0. The molecule has 0 fully saturated rings. The van der Waals surface area contributed by atoms with E-state index in [2.05, 4.69) is 22.2 Å². The van der Waals surface area contributed by atoms with E-state index in [1.54, 1.807) is 0 Å². The summed E-state index contributed by atoms with van der Waals surface area (Å²) < 4.78 is 5.73. The Kier molecular flexibility index (Phi) is 5.55. The van der Waals surface area contributed by atoms with Crippen molar-refractivity contribution in [1.82, 2.24) is 9.97 Å². The minimum Gasteiger partial charge on any atom is -0.475 e. The second-order valence-corrected chi connectivity index (χ2v) is 5.23. The summed E-state index contributed by atoms with van der Waals surface area (Å²) in [5.74, 6) is 1.23. The van der Waals surface area contributed by atoms with Gasteiger partial charge < -0.3 is 10.1 Å². The molecular formula is C17H23N3O. The van der Waals surface area contributed by atoms with E-state index in [1.165, 1.54) is 0 Å². The van der Waals surface area contributed by atoms with Crippen molar-refractivity contribution < 1.29 is 4.74 Å². The summed E-state index contributed by atoms with van der Waals surface area (Å²) in [6.07, 6.45) is 2.33. The molecule has 1 heterocycles. The van der Waals surface area contributed by atoms with Crippen LogP contribution in [0.15, 0.2) is 36.4 Å². The molecule has 1 N–H and O–H groups in total. The lowest BCUT2D eigenvalue weighted by atomic mass is 10.1. The van der Waals surface area contributed by atoms with Gasteiger partial charge >= 0.3 is 0 Å². The highest BCUT2D eigenvalue weighted by atomic mass is 16.5. The number of nitrogens with one attached hydrogen (secondary N) is 1. The number of aromatic nitrogens is 2. The zero-order valence-corrected chi connectivity index (χ0v) is 13.0. The van der Waals surface area contributed by atoms with Gasteiger partial charge in [0.15, 0.2) is 0 Å². The molecule has 4 nitrogen and oxygen atoms in total. The average Bonchev–Trinajstić information content (AvgIpc) is 2.47. The number of benzene rings is 1. The first kappa shape index (κ1) is 15.3. The van der Waals surface area contributed by atoms with Crippen LogP contribution >= 0.6 is 0 Å². The molecule has 0 amide bonds. The minimum absolute atomic E-state index is 0.0898. The molecule has 1 aromatic carbocycles. The summed E-state index contributed by atoms with van der Waals surface area (Å²) in [5, 5.41) is 3.27. The number of hydrogen-bond acceptors (Lipinski definition) is 4. The molecule has 0 saturated carbocycles. The molecule has 0 bridgehead atoms. The molecule has 0 saturated heterocycles. The third-order valence-corrected chi connectivity index (χ3v) is 2.94. The van der Waals surface area contributed by atoms with Crippen LogP contribution in [0.25, 0.3) is 11.3 Å². The largest absolute Gasteiger partial charge is 0.475 e. The lowest BCUT2D eigenvalue weighted by Gasteiger charge is -2.12. The van der Waals surface area contributed by atoms with Gasteiger partial charge in [-0.15, -0.1) is 0 Å². The van der Waals surface area contributed by atoms with E-state index in [0.29, 0.717) is 11.8 Å². The minimum atomic E-state index is 0.0898. The van der Waals surface area contributed by atoms with Crippen LogP contribution in [0.4, 0.5) is 5.95 Å². The molecular weight excluding hydrogens is 262 g/mol. The average molecular weight is 285 g/mol. The Morgan fingerprint density at radius 1 is 1.14 bits per heavy atom. The Labute approximate surface area is 126 Å². The molecule has 0 atom stereocenters. The van der Waals surface area contributed by atoms with Crippen molar-refractivity contribution in [1.29, 1.82) is 0 Å². The predicted octanol–water partition coefficient (Wildman–Crippen LogP) is 4.14. The lowest BCUT2D eigenvalue weighted by molar-refractivity contribution is 0.232. The van der Waals surface area contributed by atoms with Gasteiger partial charge in [-0.2, -0.15) is 4.98 Å². The van der Waals surface area contributed by atoms with Gasteiger partial charge in [0, 0.05) is 18.2 Å². The molecule has 0 spiro atoms. The van der Waals surface area contributed by atoms with Gasteiger partial charge in [-0.1, -0.05) is 43.7 Å². The summed E-state index contributed by atoms with van der Waals surface area (Å²) in [5.41, 5.74) is 1.94. The fourth-order valence-corrected chi connectivity index (χ4v) is 1.94. The molecule has 0 aliphatic heterocycles. The van der Waals surface area contributed by atoms with Crippen molar-refractivity contribution >= 4 is 5.95 Å². The number of hydrogen-bond donors (Lipinski definition) is 1. The number of rotatable bonds is 7. The zero-order chi connectivity index (χ0) is 15.1. The number of anilines is 1. The van der Waals surface area contributed by atoms with E-state index in [9.17, 15) is 0 Å². The molecule has 0 aliphatic carbocycles. The van der Waals surface area contributed by atoms with E-state index >= 15 is 0 Å². The molecule has 1 aromatic heterocycles. The summed E-state index contributed by atoms with van der Waals surface area (Å²) >= 11 is 0. The predicted molar refractivity (Wildman–Crippen MR) is 86.6 cm³/mol. The van der Waals surface area contributed by atoms with Crippen molar-refractivity contribution in [3.8, 4) is 17.1 Å². The van der Waals surface area contributed by atoms with Crippen LogP contribution in [0.1, 0.15) is 33.6 Å². The van der Waals surface area contributed by atoms with Crippen LogP contribution < -0.4 is 10.1 Å². The summed E-state index contributed by atoms with van der Waals surface area (Å²) in [4.78, 5) is 9.01. The quantitative estimate of drug-likeness (QED) is 0.777. The first-order valence-corrected chi connectivity index (χ1v) is 7.54. The molecule has 2 rings (SSSR count). The highest BCUT2D eigenvalue weighted by Crippen LogP contribution is 2.23. The Bertz CT molecular complexity index is 555. The topological polar surface area (TPSA) is 47.0 Å². The molecule has 4 heteroatoms. The van der Waals surface area contributed by atoms with Crippen LogP contribution in [-0.2, 0) is 0 Å². The van der Waals surface area contributed by atoms with Gasteiger partial charge in [0.05, 0.1) is 11.8 Å². The molecule has 21 heavy (non-hydrogen) atoms. The zero-order valence-electron chi connectivity index (χ0n) is 13.0. The second-order valence-electron chi connectivity index (χ2n) is 5.23. The van der Waals surface area contributed by atoms with E-state index < -0.39 is 0 Å². The van der Waals surface area contributed by atoms with Gasteiger partial charge in [0.1, 0.15) is 0 Å². The Balaban J connectivity index is 2.28. The smallest absolute Gasteiger partial charge is 0.226 e. The molecule has 0 unspecified atom stereocenters. The van der Waals surface area contributed by atoms with E-state index in [4.69, 9.17) is 4.74 Å². The SMILES string of the molecule is CCCCNc1nc(OC(C)C)cc(-c2ccccc2)n1. The molecule has 0 aliphatic rings. The van der Waals surface area contributed by atoms with Crippen LogP contribution in [0.2, 0.25) is 0 Å². The fourth-order valence-electron chi connectivity index (χ4n) is 1.94. The van der Waals surface area contributed by atoms with E-state index in [-0.39, 0.29) is 6.10 Å². The fraction of sp³-hybridized carbons (Fsp3) is 0.412. The molecule has 2 aromatic rings. The Morgan fingerprint density at radius 3 is 2.57 bits per heavy atom. The standard InChI is InChI=1S/C17H23N3O/c1-4-5-11-18-17-19-15(14-9-7-6-8-10-14)12-16(20-17)21-13(2)3/h6-10,12-13H,4-5,11H2,1-3H3,(H,18,19,20). The lowest BCUT2D eigenvalue weighted by Crippen LogP contribution is -2.10. The summed E-state index contributed by atoms with van der Waals surface area (Å²) in [7, 11) is 0. The van der Waals surface area contributed by atoms with Crippen molar-refractivity contribution in [2.75, 3.05) is 11.9 Å². The Morgan fingerprint density at radius 2 is 1.90 bits per heavy atom. The third kappa shape index (κ3) is 4.74. The summed E-state index contributed by atoms with van der Waals surface area (Å²) in [6.45, 7) is 7.02. The van der Waals surface area contributed by atoms with Crippen LogP contribution in [0.3, 0.4) is 0 Å².